The number of hydrogen-bond donors (Lipinski definition) is 3. The van der Waals surface area contributed by atoms with Crippen molar-refractivity contribution in [3.05, 3.63) is 0 Å². The predicted octanol–water partition coefficient (Wildman–Crippen LogP) is 20.5. The lowest BCUT2D eigenvalue weighted by Gasteiger charge is -2.21. The zero-order valence-corrected chi connectivity index (χ0v) is 61.3. The van der Waals surface area contributed by atoms with Crippen LogP contribution >= 0.6 is 15.6 Å². The first-order chi connectivity index (χ1) is 43.7. The lowest BCUT2D eigenvalue weighted by molar-refractivity contribution is -0.161. The fraction of sp³-hybridized carbons (Fsp3) is 0.944. The van der Waals surface area contributed by atoms with Gasteiger partial charge in [0, 0.05) is 25.7 Å². The maximum atomic E-state index is 13.0. The summed E-state index contributed by atoms with van der Waals surface area (Å²) in [6, 6.07) is 0. The second kappa shape index (κ2) is 61.6. The highest BCUT2D eigenvalue weighted by atomic mass is 31.2. The number of aliphatic hydroxyl groups excluding tert-OH is 1. The van der Waals surface area contributed by atoms with Gasteiger partial charge in [0.05, 0.1) is 26.4 Å². The van der Waals surface area contributed by atoms with Gasteiger partial charge in [-0.2, -0.15) is 0 Å². The number of rotatable bonds is 69. The normalized spacial score (nSPS) is 14.8. The van der Waals surface area contributed by atoms with Crippen molar-refractivity contribution in [2.45, 2.75) is 375 Å². The van der Waals surface area contributed by atoms with Gasteiger partial charge in [-0.3, -0.25) is 37.3 Å². The fourth-order valence-corrected chi connectivity index (χ4v) is 12.4. The Labute approximate surface area is 556 Å². The van der Waals surface area contributed by atoms with E-state index in [4.69, 9.17) is 37.0 Å². The highest BCUT2D eigenvalue weighted by Crippen LogP contribution is 2.45. The Kier molecular flexibility index (Phi) is 60.3. The minimum atomic E-state index is -4.95. The topological polar surface area (TPSA) is 237 Å². The second-order valence-electron chi connectivity index (χ2n) is 27.4. The summed E-state index contributed by atoms with van der Waals surface area (Å²) in [4.78, 5) is 72.6. The molecular formula is C72H140O17P2. The Morgan fingerprint density at radius 3 is 0.780 bits per heavy atom. The first-order valence-corrected chi connectivity index (χ1v) is 40.3. The van der Waals surface area contributed by atoms with Gasteiger partial charge in [0.25, 0.3) is 0 Å². The molecule has 5 unspecified atom stereocenters. The van der Waals surface area contributed by atoms with Crippen LogP contribution in [0.1, 0.15) is 357 Å². The van der Waals surface area contributed by atoms with Crippen molar-refractivity contribution in [2.75, 3.05) is 39.6 Å². The third-order valence-electron chi connectivity index (χ3n) is 17.3. The lowest BCUT2D eigenvalue weighted by atomic mass is 9.99. The summed E-state index contributed by atoms with van der Waals surface area (Å²) in [5.41, 5.74) is 0. The summed E-state index contributed by atoms with van der Waals surface area (Å²) < 4.78 is 68.3. The molecule has 17 nitrogen and oxygen atoms in total. The van der Waals surface area contributed by atoms with Crippen LogP contribution in [0.5, 0.6) is 0 Å². The van der Waals surface area contributed by atoms with Gasteiger partial charge in [-0.1, -0.05) is 306 Å². The molecule has 0 aromatic carbocycles. The number of carbonyl (C=O) groups excluding carboxylic acids is 4. The van der Waals surface area contributed by atoms with Crippen molar-refractivity contribution >= 4 is 39.5 Å². The minimum absolute atomic E-state index is 0.103. The van der Waals surface area contributed by atoms with Crippen LogP contribution in [0.15, 0.2) is 0 Å². The predicted molar refractivity (Wildman–Crippen MR) is 367 cm³/mol. The van der Waals surface area contributed by atoms with Crippen LogP contribution in [0.4, 0.5) is 0 Å². The molecule has 7 atom stereocenters. The van der Waals surface area contributed by atoms with Gasteiger partial charge in [-0.15, -0.1) is 0 Å². The molecule has 0 aliphatic rings. The van der Waals surface area contributed by atoms with Gasteiger partial charge in [0.1, 0.15) is 19.3 Å². The average Bonchev–Trinajstić information content (AvgIpc) is 3.58. The van der Waals surface area contributed by atoms with Crippen molar-refractivity contribution in [2.24, 2.45) is 23.7 Å². The summed E-state index contributed by atoms with van der Waals surface area (Å²) >= 11 is 0. The number of ether oxygens (including phenoxy) is 4. The number of carbonyl (C=O) groups is 4. The fourth-order valence-electron chi connectivity index (χ4n) is 10.8. The molecule has 0 amide bonds. The summed E-state index contributed by atoms with van der Waals surface area (Å²) in [6.07, 6.45) is 44.5. The van der Waals surface area contributed by atoms with Crippen molar-refractivity contribution < 1.29 is 80.2 Å². The Morgan fingerprint density at radius 2 is 0.527 bits per heavy atom. The van der Waals surface area contributed by atoms with E-state index in [2.05, 4.69) is 55.4 Å². The van der Waals surface area contributed by atoms with Crippen LogP contribution in [-0.2, 0) is 65.4 Å². The molecule has 0 heterocycles. The first kappa shape index (κ1) is 89.1. The van der Waals surface area contributed by atoms with Gasteiger partial charge in [-0.05, 0) is 49.4 Å². The Hall–Kier alpha value is -1.94. The van der Waals surface area contributed by atoms with Crippen LogP contribution in [0.2, 0.25) is 0 Å². The number of phosphoric ester groups is 2. The van der Waals surface area contributed by atoms with E-state index in [-0.39, 0.29) is 25.7 Å². The third-order valence-corrected chi connectivity index (χ3v) is 19.2. The molecule has 0 radical (unpaired) electrons. The van der Waals surface area contributed by atoms with E-state index >= 15 is 0 Å². The monoisotopic (exact) mass is 1340 g/mol. The molecule has 19 heteroatoms. The Balaban J connectivity index is 5.21. The maximum absolute atomic E-state index is 13.0. The Morgan fingerprint density at radius 1 is 0.308 bits per heavy atom. The molecule has 0 rings (SSSR count). The standard InChI is InChI=1S/C72H140O17P2/c1-9-64(7)50-42-34-26-21-23-29-38-46-54-71(76)88-67(58-83-70(75)53-45-37-28-22-20-25-33-41-49-63(5)6)60-86-90(78,79)84-56-66(73)57-85-91(80,81)87-61-68(89-72(77)55-47-39-31-30-35-43-51-65(8)10-2)59-82-69(74)52-44-36-27-19-17-15-13-11-12-14-16-18-24-32-40-48-62(3)4/h62-68,73H,9-61H2,1-8H3,(H,78,79)(H,80,81)/t64?,65?,66?,67-,68-/m1/s1. The lowest BCUT2D eigenvalue weighted by Crippen LogP contribution is -2.30. The van der Waals surface area contributed by atoms with Crippen molar-refractivity contribution in [1.29, 1.82) is 0 Å². The van der Waals surface area contributed by atoms with E-state index in [1.54, 1.807) is 0 Å². The van der Waals surface area contributed by atoms with E-state index in [0.717, 1.165) is 114 Å². The van der Waals surface area contributed by atoms with E-state index in [9.17, 15) is 43.2 Å². The third kappa shape index (κ3) is 63.9. The van der Waals surface area contributed by atoms with E-state index in [1.807, 2.05) is 0 Å². The quantitative estimate of drug-likeness (QED) is 0.0222. The minimum Gasteiger partial charge on any atom is -0.462 e. The zero-order valence-electron chi connectivity index (χ0n) is 59.5. The van der Waals surface area contributed by atoms with Crippen LogP contribution in [-0.4, -0.2) is 96.7 Å². The van der Waals surface area contributed by atoms with Crippen molar-refractivity contribution in [3.8, 4) is 0 Å². The van der Waals surface area contributed by atoms with Crippen LogP contribution in [0.25, 0.3) is 0 Å². The second-order valence-corrected chi connectivity index (χ2v) is 30.3. The van der Waals surface area contributed by atoms with Crippen molar-refractivity contribution in [3.63, 3.8) is 0 Å². The largest absolute Gasteiger partial charge is 0.472 e. The number of unbranched alkanes of at least 4 members (excludes halogenated alkanes) is 33. The SMILES string of the molecule is CCC(C)CCCCCCCCCCC(=O)O[C@H](COC(=O)CCCCCCCCCCC(C)C)COP(=O)(O)OCC(O)COP(=O)(O)OC[C@@H](COC(=O)CCCCCCCCCCCCCCCCCC(C)C)OC(=O)CCCCCCCCC(C)CC. The molecule has 0 fully saturated rings. The first-order valence-electron chi connectivity index (χ1n) is 37.3. The van der Waals surface area contributed by atoms with Gasteiger partial charge in [0.2, 0.25) is 0 Å². The van der Waals surface area contributed by atoms with Gasteiger partial charge >= 0.3 is 39.5 Å². The summed E-state index contributed by atoms with van der Waals surface area (Å²) in [6.45, 7) is 14.1. The summed E-state index contributed by atoms with van der Waals surface area (Å²) in [5.74, 6) is 0.891. The van der Waals surface area contributed by atoms with Gasteiger partial charge < -0.3 is 33.8 Å². The average molecular weight is 1340 g/mol. The molecule has 540 valence electrons. The zero-order chi connectivity index (χ0) is 67.5. The molecule has 0 saturated heterocycles. The number of aliphatic hydroxyl groups is 1. The van der Waals surface area contributed by atoms with Crippen LogP contribution < -0.4 is 0 Å². The Bertz CT molecular complexity index is 1800. The molecule has 0 aromatic rings. The highest BCUT2D eigenvalue weighted by Gasteiger charge is 2.30. The van der Waals surface area contributed by atoms with Crippen molar-refractivity contribution in [1.82, 2.24) is 0 Å². The molecule has 0 aliphatic heterocycles. The molecule has 0 bridgehead atoms. The summed E-state index contributed by atoms with van der Waals surface area (Å²) in [7, 11) is -9.90. The smallest absolute Gasteiger partial charge is 0.462 e. The van der Waals surface area contributed by atoms with E-state index < -0.39 is 97.5 Å². The molecule has 0 aromatic heterocycles. The number of hydrogen-bond acceptors (Lipinski definition) is 15. The maximum Gasteiger partial charge on any atom is 0.472 e. The number of phosphoric acid groups is 2. The molecule has 0 saturated carbocycles. The van der Waals surface area contributed by atoms with Gasteiger partial charge in [-0.25, -0.2) is 9.13 Å². The molecule has 0 spiro atoms. The molecule has 3 N–H and O–H groups in total. The molecule has 91 heavy (non-hydrogen) atoms. The molecular weight excluding hydrogens is 1200 g/mol. The summed E-state index contributed by atoms with van der Waals surface area (Å²) in [5, 5.41) is 10.6. The van der Waals surface area contributed by atoms with Crippen LogP contribution in [0.3, 0.4) is 0 Å². The van der Waals surface area contributed by atoms with Gasteiger partial charge in [0.15, 0.2) is 12.2 Å². The number of esters is 4. The molecule has 0 aliphatic carbocycles. The van der Waals surface area contributed by atoms with E-state index in [1.165, 1.54) is 161 Å². The highest BCUT2D eigenvalue weighted by molar-refractivity contribution is 7.47. The van der Waals surface area contributed by atoms with Crippen LogP contribution in [0, 0.1) is 23.7 Å². The van der Waals surface area contributed by atoms with E-state index in [0.29, 0.717) is 25.7 Å².